The third kappa shape index (κ3) is 4.14. The first-order chi connectivity index (χ1) is 10.6. The fraction of sp³-hybridized carbons (Fsp3) is 1.00. The maximum absolute atomic E-state index is 13.7. The Morgan fingerprint density at radius 3 is 1.35 bits per heavy atom. The van der Waals surface area contributed by atoms with Gasteiger partial charge in [0.05, 0.1) is 10.5 Å². The lowest BCUT2D eigenvalue weighted by Crippen LogP contribution is -2.47. The number of hydrogen-bond donors (Lipinski definition) is 0. The highest BCUT2D eigenvalue weighted by atomic mass is 32.2. The van der Waals surface area contributed by atoms with E-state index in [1.807, 2.05) is 0 Å². The molecule has 0 radical (unpaired) electrons. The van der Waals surface area contributed by atoms with Gasteiger partial charge in [-0.2, -0.15) is 0 Å². The van der Waals surface area contributed by atoms with Gasteiger partial charge >= 0.3 is 0 Å². The normalized spacial score (nSPS) is 39.8. The molecule has 0 bridgehead atoms. The SMILES string of the molecule is CC1CCC(C(C)C)C(S(=O)(=O)C2CC(C)CCC2C(C)C)C1. The summed E-state index contributed by atoms with van der Waals surface area (Å²) in [6.45, 7) is 13.3. The standard InChI is InChI=1S/C20H38O2S/c1-13(2)17-9-7-15(5)11-19(17)23(21,22)20-12-16(6)8-10-18(20)14(3)4/h13-20H,7-12H2,1-6H3. The Bertz CT molecular complexity index is 442. The van der Waals surface area contributed by atoms with Crippen molar-refractivity contribution in [1.82, 2.24) is 0 Å². The van der Waals surface area contributed by atoms with E-state index in [0.717, 1.165) is 25.7 Å². The smallest absolute Gasteiger partial charge is 0.156 e. The molecular weight excluding hydrogens is 304 g/mol. The van der Waals surface area contributed by atoms with Crippen molar-refractivity contribution in [1.29, 1.82) is 0 Å². The van der Waals surface area contributed by atoms with Gasteiger partial charge in [0.25, 0.3) is 0 Å². The lowest BCUT2D eigenvalue weighted by molar-refractivity contribution is 0.216. The van der Waals surface area contributed by atoms with Crippen molar-refractivity contribution in [3.63, 3.8) is 0 Å². The highest BCUT2D eigenvalue weighted by Gasteiger charge is 2.47. The van der Waals surface area contributed by atoms with Gasteiger partial charge in [-0.15, -0.1) is 0 Å². The molecule has 3 heteroatoms. The molecule has 2 nitrogen and oxygen atoms in total. The van der Waals surface area contributed by atoms with E-state index in [-0.39, 0.29) is 10.5 Å². The van der Waals surface area contributed by atoms with Gasteiger partial charge in [-0.3, -0.25) is 0 Å². The fourth-order valence-electron chi connectivity index (χ4n) is 5.21. The van der Waals surface area contributed by atoms with Crippen molar-refractivity contribution in [2.24, 2.45) is 35.5 Å². The Morgan fingerprint density at radius 1 is 0.696 bits per heavy atom. The van der Waals surface area contributed by atoms with Crippen molar-refractivity contribution in [3.8, 4) is 0 Å². The predicted molar refractivity (Wildman–Crippen MR) is 99.2 cm³/mol. The first kappa shape index (κ1) is 19.3. The lowest BCUT2D eigenvalue weighted by Gasteiger charge is -2.43. The van der Waals surface area contributed by atoms with E-state index in [4.69, 9.17) is 0 Å². The van der Waals surface area contributed by atoms with Gasteiger partial charge in [0.2, 0.25) is 0 Å². The summed E-state index contributed by atoms with van der Waals surface area (Å²) in [4.78, 5) is 0. The van der Waals surface area contributed by atoms with Crippen molar-refractivity contribution >= 4 is 9.84 Å². The highest BCUT2D eigenvalue weighted by molar-refractivity contribution is 7.92. The molecule has 0 spiro atoms. The van der Waals surface area contributed by atoms with Gasteiger partial charge < -0.3 is 0 Å². The Kier molecular flexibility index (Phi) is 6.25. The van der Waals surface area contributed by atoms with Crippen LogP contribution >= 0.6 is 0 Å². The van der Waals surface area contributed by atoms with E-state index in [2.05, 4.69) is 41.5 Å². The van der Waals surface area contributed by atoms with Gasteiger partial charge in [0, 0.05) is 0 Å². The maximum atomic E-state index is 13.7. The first-order valence-corrected chi connectivity index (χ1v) is 11.5. The molecule has 0 aromatic heterocycles. The number of hydrogen-bond acceptors (Lipinski definition) is 2. The summed E-state index contributed by atoms with van der Waals surface area (Å²) in [6, 6.07) is 0. The third-order valence-corrected chi connectivity index (χ3v) is 9.54. The molecule has 0 aliphatic heterocycles. The summed E-state index contributed by atoms with van der Waals surface area (Å²) in [5.41, 5.74) is 0. The molecule has 0 heterocycles. The predicted octanol–water partition coefficient (Wildman–Crippen LogP) is 5.32. The average Bonchev–Trinajstić information content (AvgIpc) is 2.46. The molecule has 0 aromatic rings. The van der Waals surface area contributed by atoms with Gasteiger partial charge in [0.1, 0.15) is 0 Å². The van der Waals surface area contributed by atoms with Crippen LogP contribution in [0.15, 0.2) is 0 Å². The van der Waals surface area contributed by atoms with E-state index in [1.165, 1.54) is 12.8 Å². The summed E-state index contributed by atoms with van der Waals surface area (Å²) in [5, 5.41) is -0.189. The Hall–Kier alpha value is -0.0500. The Morgan fingerprint density at radius 2 is 1.04 bits per heavy atom. The third-order valence-electron chi connectivity index (χ3n) is 6.77. The van der Waals surface area contributed by atoms with E-state index >= 15 is 0 Å². The van der Waals surface area contributed by atoms with E-state index in [0.29, 0.717) is 35.5 Å². The van der Waals surface area contributed by atoms with E-state index < -0.39 is 9.84 Å². The molecule has 6 unspecified atom stereocenters. The molecule has 0 N–H and O–H groups in total. The molecule has 6 atom stereocenters. The van der Waals surface area contributed by atoms with Gasteiger partial charge in [-0.1, -0.05) is 54.4 Å². The minimum absolute atomic E-state index is 0.0946. The zero-order valence-corrected chi connectivity index (χ0v) is 16.9. The second kappa shape index (κ2) is 7.45. The molecule has 2 rings (SSSR count). The molecule has 2 fully saturated rings. The monoisotopic (exact) mass is 342 g/mol. The van der Waals surface area contributed by atoms with Crippen molar-refractivity contribution in [2.45, 2.75) is 90.6 Å². The van der Waals surface area contributed by atoms with Crippen molar-refractivity contribution in [3.05, 3.63) is 0 Å². The molecule has 136 valence electrons. The minimum Gasteiger partial charge on any atom is -0.228 e. The van der Waals surface area contributed by atoms with Crippen LogP contribution in [0.4, 0.5) is 0 Å². The second-order valence-corrected chi connectivity index (χ2v) is 11.7. The van der Waals surface area contributed by atoms with Crippen LogP contribution in [0.3, 0.4) is 0 Å². The highest BCUT2D eigenvalue weighted by Crippen LogP contribution is 2.44. The number of sulfone groups is 1. The zero-order valence-electron chi connectivity index (χ0n) is 16.1. The molecule has 0 saturated heterocycles. The van der Waals surface area contributed by atoms with Crippen LogP contribution in [-0.2, 0) is 9.84 Å². The van der Waals surface area contributed by atoms with Crippen LogP contribution < -0.4 is 0 Å². The lowest BCUT2D eigenvalue weighted by atomic mass is 9.76. The van der Waals surface area contributed by atoms with E-state index in [9.17, 15) is 8.42 Å². The Labute approximate surface area is 144 Å². The molecule has 0 amide bonds. The van der Waals surface area contributed by atoms with Gasteiger partial charge in [0.15, 0.2) is 9.84 Å². The summed E-state index contributed by atoms with van der Waals surface area (Å²) in [7, 11) is -3.04. The van der Waals surface area contributed by atoms with Crippen LogP contribution in [0.1, 0.15) is 80.1 Å². The average molecular weight is 343 g/mol. The molecule has 0 aromatic carbocycles. The van der Waals surface area contributed by atoms with Crippen molar-refractivity contribution in [2.75, 3.05) is 0 Å². The van der Waals surface area contributed by atoms with Gasteiger partial charge in [-0.05, 0) is 61.2 Å². The Balaban J connectivity index is 2.32. The van der Waals surface area contributed by atoms with Crippen LogP contribution in [0, 0.1) is 35.5 Å². The molecule has 2 aliphatic carbocycles. The quantitative estimate of drug-likeness (QED) is 0.692. The fourth-order valence-corrected chi connectivity index (χ4v) is 8.73. The topological polar surface area (TPSA) is 34.1 Å². The summed E-state index contributed by atoms with van der Waals surface area (Å²) in [6.07, 6.45) is 6.36. The first-order valence-electron chi connectivity index (χ1n) is 9.87. The minimum atomic E-state index is -3.04. The molecular formula is C20H38O2S. The van der Waals surface area contributed by atoms with Crippen LogP contribution in [0.25, 0.3) is 0 Å². The summed E-state index contributed by atoms with van der Waals surface area (Å²) < 4.78 is 27.3. The van der Waals surface area contributed by atoms with Crippen LogP contribution in [0.2, 0.25) is 0 Å². The molecule has 2 saturated carbocycles. The maximum Gasteiger partial charge on any atom is 0.156 e. The van der Waals surface area contributed by atoms with Crippen LogP contribution in [0.5, 0.6) is 0 Å². The molecule has 23 heavy (non-hydrogen) atoms. The second-order valence-electron chi connectivity index (χ2n) is 9.32. The largest absolute Gasteiger partial charge is 0.228 e. The zero-order chi connectivity index (χ0) is 17.4. The number of rotatable bonds is 4. The van der Waals surface area contributed by atoms with Gasteiger partial charge in [-0.25, -0.2) is 8.42 Å². The van der Waals surface area contributed by atoms with Crippen molar-refractivity contribution < 1.29 is 8.42 Å². The summed E-state index contributed by atoms with van der Waals surface area (Å²) >= 11 is 0. The summed E-state index contributed by atoms with van der Waals surface area (Å²) in [5.74, 6) is 2.79. The van der Waals surface area contributed by atoms with E-state index in [1.54, 1.807) is 0 Å². The van der Waals surface area contributed by atoms with Crippen LogP contribution in [-0.4, -0.2) is 18.9 Å². The molecule has 2 aliphatic rings.